The number of hydrogen-bond acceptors (Lipinski definition) is 7. The van der Waals surface area contributed by atoms with Crippen LogP contribution >= 0.6 is 0 Å². The molecule has 0 aliphatic carbocycles. The first kappa shape index (κ1) is 26.0. The molecule has 0 unspecified atom stereocenters. The van der Waals surface area contributed by atoms with Crippen molar-refractivity contribution < 1.29 is 0 Å². The molecule has 204 valence electrons. The number of hydrogen-bond donors (Lipinski definition) is 0. The molecule has 0 aliphatic rings. The van der Waals surface area contributed by atoms with E-state index >= 15 is 0 Å². The Bertz CT molecular complexity index is 1910. The highest BCUT2D eigenvalue weighted by Crippen LogP contribution is 2.29. The second-order valence-electron chi connectivity index (χ2n) is 10.1. The van der Waals surface area contributed by atoms with E-state index < -0.39 is 0 Å². The number of benzene rings is 4. The Labute approximate surface area is 249 Å². The molecule has 3 heterocycles. The maximum absolute atomic E-state index is 4.94. The molecule has 7 rings (SSSR count). The van der Waals surface area contributed by atoms with Crippen molar-refractivity contribution >= 4 is 0 Å². The number of rotatable bonds is 6. The summed E-state index contributed by atoms with van der Waals surface area (Å²) in [5.41, 5.74) is 7.86. The van der Waals surface area contributed by atoms with Gasteiger partial charge in [-0.2, -0.15) is 0 Å². The SMILES string of the molecule is Cc1ccc(-c2ccc(-c3nc(-c4cccc(-c5ncccn5)c4)nc(-c4cccc(-c5ncccn5)c4)n3)cc2)cc1. The van der Waals surface area contributed by atoms with Crippen LogP contribution in [-0.2, 0) is 0 Å². The van der Waals surface area contributed by atoms with Crippen molar-refractivity contribution in [3.05, 3.63) is 140 Å². The first-order valence-corrected chi connectivity index (χ1v) is 13.9. The van der Waals surface area contributed by atoms with E-state index in [4.69, 9.17) is 15.0 Å². The maximum atomic E-state index is 4.94. The summed E-state index contributed by atoms with van der Waals surface area (Å²) in [5.74, 6) is 2.98. The van der Waals surface area contributed by atoms with Gasteiger partial charge in [-0.25, -0.2) is 34.9 Å². The summed E-state index contributed by atoms with van der Waals surface area (Å²) >= 11 is 0. The van der Waals surface area contributed by atoms with Gasteiger partial charge in [0.15, 0.2) is 29.1 Å². The Morgan fingerprint density at radius 3 is 1.12 bits per heavy atom. The van der Waals surface area contributed by atoms with Gasteiger partial charge in [-0.15, -0.1) is 0 Å². The van der Waals surface area contributed by atoms with Crippen molar-refractivity contribution in [1.29, 1.82) is 0 Å². The van der Waals surface area contributed by atoms with Gasteiger partial charge in [0.1, 0.15) is 0 Å². The van der Waals surface area contributed by atoms with Gasteiger partial charge >= 0.3 is 0 Å². The molecular formula is C36H25N7. The third-order valence-electron chi connectivity index (χ3n) is 7.05. The van der Waals surface area contributed by atoms with E-state index in [0.717, 1.165) is 38.9 Å². The van der Waals surface area contributed by atoms with Crippen LogP contribution in [0.2, 0.25) is 0 Å². The van der Waals surface area contributed by atoms with Crippen LogP contribution in [0.3, 0.4) is 0 Å². The van der Waals surface area contributed by atoms with Crippen LogP contribution in [0.1, 0.15) is 5.56 Å². The summed E-state index contributed by atoms with van der Waals surface area (Å²) in [6, 6.07) is 36.3. The average Bonchev–Trinajstić information content (AvgIpc) is 3.09. The summed E-state index contributed by atoms with van der Waals surface area (Å²) < 4.78 is 0. The molecule has 0 N–H and O–H groups in total. The molecule has 0 saturated carbocycles. The summed E-state index contributed by atoms with van der Waals surface area (Å²) in [5, 5.41) is 0. The molecule has 7 aromatic rings. The molecule has 43 heavy (non-hydrogen) atoms. The topological polar surface area (TPSA) is 90.2 Å². The van der Waals surface area contributed by atoms with E-state index in [9.17, 15) is 0 Å². The number of aromatic nitrogens is 7. The molecule has 7 nitrogen and oxygen atoms in total. The van der Waals surface area contributed by atoms with E-state index in [1.165, 1.54) is 5.56 Å². The Hall–Kier alpha value is -5.95. The van der Waals surface area contributed by atoms with Crippen LogP contribution in [0.5, 0.6) is 0 Å². The fourth-order valence-electron chi connectivity index (χ4n) is 4.81. The van der Waals surface area contributed by atoms with E-state index in [1.807, 2.05) is 48.5 Å². The predicted octanol–water partition coefficient (Wildman–Crippen LogP) is 7.76. The minimum atomic E-state index is 0.557. The Balaban J connectivity index is 1.34. The highest BCUT2D eigenvalue weighted by molar-refractivity contribution is 5.73. The predicted molar refractivity (Wildman–Crippen MR) is 168 cm³/mol. The molecule has 0 bridgehead atoms. The Morgan fingerprint density at radius 2 is 0.674 bits per heavy atom. The van der Waals surface area contributed by atoms with Crippen molar-refractivity contribution in [3.63, 3.8) is 0 Å². The molecule has 0 aliphatic heterocycles. The zero-order chi connectivity index (χ0) is 29.0. The van der Waals surface area contributed by atoms with Crippen molar-refractivity contribution in [2.75, 3.05) is 0 Å². The molecule has 4 aromatic carbocycles. The van der Waals surface area contributed by atoms with E-state index in [1.54, 1.807) is 36.9 Å². The first-order valence-electron chi connectivity index (χ1n) is 13.9. The summed E-state index contributed by atoms with van der Waals surface area (Å²) in [6.07, 6.45) is 6.94. The van der Waals surface area contributed by atoms with Crippen molar-refractivity contribution in [1.82, 2.24) is 34.9 Å². The van der Waals surface area contributed by atoms with Crippen LogP contribution in [0, 0.1) is 6.92 Å². The molecule has 0 saturated heterocycles. The van der Waals surface area contributed by atoms with Gasteiger partial charge in [-0.3, -0.25) is 0 Å². The van der Waals surface area contributed by atoms with Gasteiger partial charge in [-0.1, -0.05) is 90.5 Å². The molecule has 7 heteroatoms. The van der Waals surface area contributed by atoms with Gasteiger partial charge < -0.3 is 0 Å². The molecule has 0 atom stereocenters. The van der Waals surface area contributed by atoms with Gasteiger partial charge in [0.25, 0.3) is 0 Å². The van der Waals surface area contributed by atoms with E-state index in [0.29, 0.717) is 29.1 Å². The number of nitrogens with zero attached hydrogens (tertiary/aromatic N) is 7. The molecule has 0 radical (unpaired) electrons. The van der Waals surface area contributed by atoms with Gasteiger partial charge in [-0.05, 0) is 42.3 Å². The summed E-state index contributed by atoms with van der Waals surface area (Å²) in [7, 11) is 0. The zero-order valence-corrected chi connectivity index (χ0v) is 23.3. The monoisotopic (exact) mass is 555 g/mol. The Kier molecular flexibility index (Phi) is 6.95. The quantitative estimate of drug-likeness (QED) is 0.207. The smallest absolute Gasteiger partial charge is 0.164 e. The van der Waals surface area contributed by atoms with Crippen LogP contribution in [-0.4, -0.2) is 34.9 Å². The molecule has 0 fully saturated rings. The zero-order valence-electron chi connectivity index (χ0n) is 23.3. The van der Waals surface area contributed by atoms with Gasteiger partial charge in [0.05, 0.1) is 0 Å². The molecule has 3 aromatic heterocycles. The molecule has 0 amide bonds. The highest BCUT2D eigenvalue weighted by Gasteiger charge is 2.15. The summed E-state index contributed by atoms with van der Waals surface area (Å²) in [4.78, 5) is 32.5. The second-order valence-corrected chi connectivity index (χ2v) is 10.1. The third-order valence-corrected chi connectivity index (χ3v) is 7.05. The van der Waals surface area contributed by atoms with Crippen LogP contribution in [0.15, 0.2) is 134 Å². The first-order chi connectivity index (χ1) is 21.2. The van der Waals surface area contributed by atoms with Crippen molar-refractivity contribution in [2.45, 2.75) is 6.92 Å². The van der Waals surface area contributed by atoms with Crippen molar-refractivity contribution in [3.8, 4) is 68.1 Å². The molecular weight excluding hydrogens is 530 g/mol. The normalized spacial score (nSPS) is 10.9. The lowest BCUT2D eigenvalue weighted by Gasteiger charge is -2.10. The minimum Gasteiger partial charge on any atom is -0.237 e. The fourth-order valence-corrected chi connectivity index (χ4v) is 4.81. The molecule has 0 spiro atoms. The standard InChI is InChI=1S/C36H25N7/c1-24-10-12-25(13-11-24)26-14-16-27(17-15-26)34-41-35(30-8-2-6-28(22-30)32-37-18-4-19-38-32)43-36(42-34)31-9-3-7-29(23-31)33-39-20-5-21-40-33/h2-23H,1H3. The Morgan fingerprint density at radius 1 is 0.326 bits per heavy atom. The lowest BCUT2D eigenvalue weighted by atomic mass is 10.0. The third kappa shape index (κ3) is 5.64. The van der Waals surface area contributed by atoms with Gasteiger partial charge in [0.2, 0.25) is 0 Å². The second kappa shape index (κ2) is 11.5. The van der Waals surface area contributed by atoms with E-state index in [-0.39, 0.29) is 0 Å². The minimum absolute atomic E-state index is 0.557. The van der Waals surface area contributed by atoms with E-state index in [2.05, 4.69) is 75.4 Å². The largest absolute Gasteiger partial charge is 0.237 e. The highest BCUT2D eigenvalue weighted by atomic mass is 15.0. The maximum Gasteiger partial charge on any atom is 0.164 e. The van der Waals surface area contributed by atoms with Crippen LogP contribution in [0.4, 0.5) is 0 Å². The van der Waals surface area contributed by atoms with Crippen LogP contribution in [0.25, 0.3) is 68.1 Å². The van der Waals surface area contributed by atoms with Gasteiger partial charge in [0, 0.05) is 52.6 Å². The van der Waals surface area contributed by atoms with Crippen molar-refractivity contribution in [2.24, 2.45) is 0 Å². The fraction of sp³-hybridized carbons (Fsp3) is 0.0278. The lowest BCUT2D eigenvalue weighted by Crippen LogP contribution is -2.01. The summed E-state index contributed by atoms with van der Waals surface area (Å²) in [6.45, 7) is 2.09. The number of aryl methyl sites for hydroxylation is 1. The average molecular weight is 556 g/mol. The van der Waals surface area contributed by atoms with Crippen LogP contribution < -0.4 is 0 Å². The lowest BCUT2D eigenvalue weighted by molar-refractivity contribution is 1.07.